The van der Waals surface area contributed by atoms with Crippen LogP contribution in [0.15, 0.2) is 58.8 Å². The molecule has 184 valence electrons. The topological polar surface area (TPSA) is 94.0 Å². The molecule has 3 rings (SSSR count). The Morgan fingerprint density at radius 3 is 2.94 bits per heavy atom. The highest BCUT2D eigenvalue weighted by molar-refractivity contribution is 8.16. The van der Waals surface area contributed by atoms with E-state index >= 15 is 0 Å². The lowest BCUT2D eigenvalue weighted by molar-refractivity contribution is 0.0150. The van der Waals surface area contributed by atoms with Crippen LogP contribution >= 0.6 is 34.9 Å². The molecule has 7 nitrogen and oxygen atoms in total. The van der Waals surface area contributed by atoms with Crippen LogP contribution in [-0.2, 0) is 6.42 Å². The van der Waals surface area contributed by atoms with Crippen LogP contribution in [0, 0.1) is 11.8 Å². The van der Waals surface area contributed by atoms with Gasteiger partial charge < -0.3 is 10.2 Å². The zero-order valence-corrected chi connectivity index (χ0v) is 21.6. The number of carboxylic acid groups (broad SMARTS) is 1. The van der Waals surface area contributed by atoms with Gasteiger partial charge in [0.2, 0.25) is 0 Å². The van der Waals surface area contributed by atoms with Gasteiger partial charge >= 0.3 is 5.30 Å². The van der Waals surface area contributed by atoms with Crippen molar-refractivity contribution in [3.63, 3.8) is 0 Å². The summed E-state index contributed by atoms with van der Waals surface area (Å²) in [7, 11) is 0. The van der Waals surface area contributed by atoms with Crippen LogP contribution in [-0.4, -0.2) is 67.2 Å². The van der Waals surface area contributed by atoms with Crippen molar-refractivity contribution in [2.75, 3.05) is 25.4 Å². The van der Waals surface area contributed by atoms with Gasteiger partial charge in [0, 0.05) is 36.3 Å². The first kappa shape index (κ1) is 27.0. The molecule has 35 heavy (non-hydrogen) atoms. The van der Waals surface area contributed by atoms with E-state index in [0.717, 1.165) is 28.6 Å². The van der Waals surface area contributed by atoms with Crippen LogP contribution < -0.4 is 0 Å². The van der Waals surface area contributed by atoms with Crippen LogP contribution in [0.5, 0.6) is 0 Å². The van der Waals surface area contributed by atoms with Crippen LogP contribution in [0.2, 0.25) is 0 Å². The van der Waals surface area contributed by atoms with Gasteiger partial charge in [-0.1, -0.05) is 48.5 Å². The predicted molar refractivity (Wildman–Crippen MR) is 144 cm³/mol. The van der Waals surface area contributed by atoms with Crippen molar-refractivity contribution in [3.05, 3.63) is 75.6 Å². The van der Waals surface area contributed by atoms with Crippen LogP contribution in [0.1, 0.15) is 29.7 Å². The fourth-order valence-electron chi connectivity index (χ4n) is 3.50. The van der Waals surface area contributed by atoms with Crippen LogP contribution in [0.25, 0.3) is 0 Å². The summed E-state index contributed by atoms with van der Waals surface area (Å²) in [6.45, 7) is 5.23. The third-order valence-electron chi connectivity index (χ3n) is 5.11. The lowest BCUT2D eigenvalue weighted by atomic mass is 10.0. The number of carbonyl (C=O) groups excluding carboxylic acids is 1. The minimum absolute atomic E-state index is 0.0598. The highest BCUT2D eigenvalue weighted by Crippen LogP contribution is 2.25. The van der Waals surface area contributed by atoms with Gasteiger partial charge in [-0.05, 0) is 59.5 Å². The van der Waals surface area contributed by atoms with E-state index < -0.39 is 11.4 Å². The lowest BCUT2D eigenvalue weighted by Gasteiger charge is -2.38. The number of thioether (sulfide) groups is 2. The van der Waals surface area contributed by atoms with Crippen molar-refractivity contribution < 1.29 is 19.8 Å². The van der Waals surface area contributed by atoms with Gasteiger partial charge in [-0.25, -0.2) is 14.8 Å². The second-order valence-electron chi connectivity index (χ2n) is 7.65. The quantitative estimate of drug-likeness (QED) is 0.325. The Morgan fingerprint density at radius 2 is 2.20 bits per heavy atom. The Labute approximate surface area is 217 Å². The summed E-state index contributed by atoms with van der Waals surface area (Å²) in [5.74, 6) is 6.83. The normalized spacial score (nSPS) is 15.4. The molecule has 1 aliphatic heterocycles. The first-order valence-electron chi connectivity index (χ1n) is 11.0. The molecule has 2 heterocycles. The number of thiazole rings is 1. The summed E-state index contributed by atoms with van der Waals surface area (Å²) in [5, 5.41) is 24.2. The number of aliphatic hydroxyl groups is 1. The van der Waals surface area contributed by atoms with Gasteiger partial charge in [0.15, 0.2) is 0 Å². The fraction of sp³-hybridized carbons (Fsp3) is 0.320. The summed E-state index contributed by atoms with van der Waals surface area (Å²) in [5.41, 5.74) is 4.36. The number of aromatic nitrogens is 1. The van der Waals surface area contributed by atoms with Crippen molar-refractivity contribution in [1.82, 2.24) is 15.0 Å². The number of carbonyl (C=O) groups is 2. The van der Waals surface area contributed by atoms with Gasteiger partial charge in [-0.3, -0.25) is 9.80 Å². The summed E-state index contributed by atoms with van der Waals surface area (Å²) in [6, 6.07) is 7.81. The highest BCUT2D eigenvalue weighted by Gasteiger charge is 2.27. The average molecular weight is 530 g/mol. The summed E-state index contributed by atoms with van der Waals surface area (Å²) in [4.78, 5) is 28.4. The predicted octanol–water partition coefficient (Wildman–Crippen LogP) is 5.09. The van der Waals surface area contributed by atoms with Crippen LogP contribution in [0.4, 0.5) is 9.59 Å². The van der Waals surface area contributed by atoms with Gasteiger partial charge in [-0.2, -0.15) is 0 Å². The largest absolute Gasteiger partial charge is 0.473 e. The van der Waals surface area contributed by atoms with Gasteiger partial charge in [0.05, 0.1) is 11.6 Å². The number of nitrogens with zero attached hydrogens (tertiary/aromatic N) is 3. The van der Waals surface area contributed by atoms with E-state index in [1.54, 1.807) is 22.7 Å². The van der Waals surface area contributed by atoms with Gasteiger partial charge in [0.1, 0.15) is 5.69 Å². The van der Waals surface area contributed by atoms with Gasteiger partial charge in [0.25, 0.3) is 5.24 Å². The standard InChI is InChI=1S/C25H27N3O4S3/c1-2-4-23(35-25(31)32)10-12-28-24(30)34-14-13-27(28)11-9-22(29)16-20-6-3-5-19(15-20)7-8-21-17-33-18-26-21/h2-6,15,17-18,22,29H,1,9-14,16H2,(H,31,32)/b23-4-. The Kier molecular flexibility index (Phi) is 10.9. The second kappa shape index (κ2) is 14.1. The molecule has 1 atom stereocenters. The number of benzene rings is 1. The molecule has 1 aromatic heterocycles. The molecule has 1 amide bonds. The molecule has 0 aliphatic carbocycles. The maximum absolute atomic E-state index is 12.5. The van der Waals surface area contributed by atoms with Crippen molar-refractivity contribution in [2.24, 2.45) is 0 Å². The van der Waals surface area contributed by atoms with E-state index in [0.29, 0.717) is 49.6 Å². The Morgan fingerprint density at radius 1 is 1.34 bits per heavy atom. The summed E-state index contributed by atoms with van der Waals surface area (Å²) in [6.07, 6.45) is 4.05. The zero-order chi connectivity index (χ0) is 25.0. The molecule has 1 fully saturated rings. The number of aliphatic hydroxyl groups excluding tert-OH is 1. The first-order valence-corrected chi connectivity index (χ1v) is 13.8. The fourth-order valence-corrected chi connectivity index (χ4v) is 5.40. The van der Waals surface area contributed by atoms with E-state index in [4.69, 9.17) is 5.11 Å². The molecule has 2 N–H and O–H groups in total. The molecular weight excluding hydrogens is 502 g/mol. The minimum atomic E-state index is -0.990. The molecule has 1 aliphatic rings. The molecule has 2 aromatic rings. The maximum Gasteiger partial charge on any atom is 0.369 e. The third kappa shape index (κ3) is 9.20. The average Bonchev–Trinajstić information content (AvgIpc) is 3.34. The molecule has 0 radical (unpaired) electrons. The number of allylic oxidation sites excluding steroid dienone is 2. The monoisotopic (exact) mass is 529 g/mol. The highest BCUT2D eigenvalue weighted by atomic mass is 32.2. The molecule has 10 heteroatoms. The Bertz CT molecular complexity index is 1110. The molecular formula is C25H27N3O4S3. The van der Waals surface area contributed by atoms with E-state index in [9.17, 15) is 14.7 Å². The van der Waals surface area contributed by atoms with E-state index in [1.165, 1.54) is 23.1 Å². The Balaban J connectivity index is 1.54. The summed E-state index contributed by atoms with van der Waals surface area (Å²) < 4.78 is 0. The number of rotatable bonds is 10. The molecule has 1 saturated heterocycles. The van der Waals surface area contributed by atoms with E-state index in [2.05, 4.69) is 23.4 Å². The third-order valence-corrected chi connectivity index (χ3v) is 7.31. The SMILES string of the molecule is C=C/C=C(/CCN1C(=O)SCCN1CCC(O)Cc1cccc(C#Cc2cscn2)c1)SC(=O)O. The molecule has 0 spiro atoms. The minimum Gasteiger partial charge on any atom is -0.473 e. The maximum atomic E-state index is 12.5. The van der Waals surface area contributed by atoms with Crippen molar-refractivity contribution in [2.45, 2.75) is 25.4 Å². The van der Waals surface area contributed by atoms with Crippen molar-refractivity contribution in [1.29, 1.82) is 0 Å². The van der Waals surface area contributed by atoms with E-state index in [-0.39, 0.29) is 5.24 Å². The molecule has 1 unspecified atom stereocenters. The number of amides is 1. The Hall–Kier alpha value is -2.55. The molecule has 0 saturated carbocycles. The van der Waals surface area contributed by atoms with Crippen LogP contribution in [0.3, 0.4) is 0 Å². The molecule has 1 aromatic carbocycles. The number of hydrazine groups is 1. The lowest BCUT2D eigenvalue weighted by Crippen LogP contribution is -2.50. The summed E-state index contributed by atoms with van der Waals surface area (Å²) >= 11 is 3.49. The number of hydrogen-bond acceptors (Lipinski definition) is 8. The van der Waals surface area contributed by atoms with Crippen molar-refractivity contribution >= 4 is 45.4 Å². The first-order chi connectivity index (χ1) is 16.9. The zero-order valence-electron chi connectivity index (χ0n) is 19.1. The van der Waals surface area contributed by atoms with Gasteiger partial charge in [-0.15, -0.1) is 11.3 Å². The van der Waals surface area contributed by atoms with E-state index in [1.807, 2.05) is 34.7 Å². The van der Waals surface area contributed by atoms with Crippen molar-refractivity contribution in [3.8, 4) is 11.8 Å². The molecule has 0 bridgehead atoms. The second-order valence-corrected chi connectivity index (χ2v) is 10.5. The number of hydrogen-bond donors (Lipinski definition) is 2. The smallest absolute Gasteiger partial charge is 0.369 e.